The van der Waals surface area contributed by atoms with E-state index in [9.17, 15) is 9.59 Å². The summed E-state index contributed by atoms with van der Waals surface area (Å²) in [6.45, 7) is 3.63. The Hall–Kier alpha value is -3.54. The van der Waals surface area contributed by atoms with Crippen LogP contribution in [0.2, 0.25) is 0 Å². The van der Waals surface area contributed by atoms with Gasteiger partial charge in [-0.15, -0.1) is 0 Å². The molecule has 0 aliphatic rings. The number of para-hydroxylation sites is 1. The molecular weight excluding hydrogens is 376 g/mol. The molecule has 1 aromatic heterocycles. The zero-order valence-electron chi connectivity index (χ0n) is 17.3. The smallest absolute Gasteiger partial charge is 0.272 e. The Morgan fingerprint density at radius 2 is 1.83 bits per heavy atom. The number of rotatable bonds is 8. The number of hydrogen-bond donors (Lipinski definition) is 2. The van der Waals surface area contributed by atoms with Crippen molar-refractivity contribution in [1.82, 2.24) is 10.4 Å². The SMILES string of the molecule is CCCCCc1cc(C(=O)N/N=C/c2ccc(NC(C)=O)cc2)c2ccccc2n1. The standard InChI is InChI=1S/C24H26N4O2/c1-3-4-5-8-20-15-22(21-9-6-7-10-23(21)27-20)24(30)28-25-16-18-11-13-19(14-12-18)26-17(2)29/h6-7,9-16H,3-5,8H2,1-2H3,(H,26,29)(H,28,30)/b25-16+. The number of pyridine rings is 1. The van der Waals surface area contributed by atoms with Crippen LogP contribution in [0.5, 0.6) is 0 Å². The molecule has 30 heavy (non-hydrogen) atoms. The Kier molecular flexibility index (Phi) is 7.27. The Labute approximate surface area is 176 Å². The number of hydrazone groups is 1. The van der Waals surface area contributed by atoms with Crippen molar-refractivity contribution in [2.24, 2.45) is 5.10 Å². The third-order valence-electron chi connectivity index (χ3n) is 4.66. The predicted molar refractivity (Wildman–Crippen MR) is 121 cm³/mol. The molecule has 0 unspecified atom stereocenters. The maximum absolute atomic E-state index is 12.8. The zero-order chi connectivity index (χ0) is 21.3. The van der Waals surface area contributed by atoms with Gasteiger partial charge in [-0.05, 0) is 42.7 Å². The van der Waals surface area contributed by atoms with Crippen molar-refractivity contribution in [1.29, 1.82) is 0 Å². The summed E-state index contributed by atoms with van der Waals surface area (Å²) < 4.78 is 0. The van der Waals surface area contributed by atoms with Crippen molar-refractivity contribution < 1.29 is 9.59 Å². The third kappa shape index (κ3) is 5.73. The van der Waals surface area contributed by atoms with Crippen LogP contribution >= 0.6 is 0 Å². The van der Waals surface area contributed by atoms with Crippen LogP contribution in [0.15, 0.2) is 59.7 Å². The summed E-state index contributed by atoms with van der Waals surface area (Å²) >= 11 is 0. The van der Waals surface area contributed by atoms with Crippen molar-refractivity contribution in [3.05, 3.63) is 71.4 Å². The number of hydrogen-bond acceptors (Lipinski definition) is 4. The number of amides is 2. The van der Waals surface area contributed by atoms with Gasteiger partial charge in [0, 0.05) is 23.7 Å². The van der Waals surface area contributed by atoms with Gasteiger partial charge >= 0.3 is 0 Å². The molecule has 6 heteroatoms. The molecule has 154 valence electrons. The van der Waals surface area contributed by atoms with Gasteiger partial charge in [-0.2, -0.15) is 5.10 Å². The van der Waals surface area contributed by atoms with Gasteiger partial charge in [-0.3, -0.25) is 14.6 Å². The molecule has 2 amide bonds. The van der Waals surface area contributed by atoms with E-state index in [1.54, 1.807) is 18.3 Å². The molecular formula is C24H26N4O2. The molecule has 0 bridgehead atoms. The normalized spacial score (nSPS) is 11.0. The van der Waals surface area contributed by atoms with Gasteiger partial charge in [0.05, 0.1) is 17.3 Å². The van der Waals surface area contributed by atoms with E-state index in [1.165, 1.54) is 6.92 Å². The van der Waals surface area contributed by atoms with E-state index in [0.717, 1.165) is 47.8 Å². The van der Waals surface area contributed by atoms with Crippen LogP contribution in [0.4, 0.5) is 5.69 Å². The van der Waals surface area contributed by atoms with Gasteiger partial charge in [0.25, 0.3) is 5.91 Å². The van der Waals surface area contributed by atoms with Crippen LogP contribution in [-0.2, 0) is 11.2 Å². The average molecular weight is 402 g/mol. The van der Waals surface area contributed by atoms with Crippen LogP contribution in [0.3, 0.4) is 0 Å². The van der Waals surface area contributed by atoms with Crippen LogP contribution < -0.4 is 10.7 Å². The Morgan fingerprint density at radius 1 is 1.07 bits per heavy atom. The number of nitrogens with zero attached hydrogens (tertiary/aromatic N) is 2. The van der Waals surface area contributed by atoms with E-state index >= 15 is 0 Å². The van der Waals surface area contributed by atoms with Gasteiger partial charge in [0.15, 0.2) is 0 Å². The highest BCUT2D eigenvalue weighted by Gasteiger charge is 2.12. The van der Waals surface area contributed by atoms with Crippen molar-refractivity contribution in [2.45, 2.75) is 39.5 Å². The second-order valence-corrected chi connectivity index (χ2v) is 7.14. The van der Waals surface area contributed by atoms with Gasteiger partial charge in [-0.25, -0.2) is 5.43 Å². The number of fused-ring (bicyclic) bond motifs is 1. The van der Waals surface area contributed by atoms with Crippen molar-refractivity contribution >= 4 is 34.6 Å². The number of anilines is 1. The largest absolute Gasteiger partial charge is 0.326 e. The van der Waals surface area contributed by atoms with Crippen LogP contribution in [0.1, 0.15) is 54.7 Å². The first-order valence-corrected chi connectivity index (χ1v) is 10.2. The molecule has 3 aromatic rings. The molecule has 0 fully saturated rings. The number of unbranched alkanes of at least 4 members (excludes halogenated alkanes) is 2. The van der Waals surface area contributed by atoms with Crippen molar-refractivity contribution in [3.63, 3.8) is 0 Å². The first kappa shape index (κ1) is 21.2. The monoisotopic (exact) mass is 402 g/mol. The first-order chi connectivity index (χ1) is 14.6. The minimum absolute atomic E-state index is 0.123. The number of carbonyl (C=O) groups excluding carboxylic acids is 2. The number of nitrogens with one attached hydrogen (secondary N) is 2. The molecule has 6 nitrogen and oxygen atoms in total. The third-order valence-corrected chi connectivity index (χ3v) is 4.66. The lowest BCUT2D eigenvalue weighted by Crippen LogP contribution is -2.18. The Bertz CT molecular complexity index is 1060. The molecule has 0 aliphatic carbocycles. The molecule has 0 saturated heterocycles. The molecule has 1 heterocycles. The quantitative estimate of drug-likeness (QED) is 0.326. The van der Waals surface area contributed by atoms with Crippen molar-refractivity contribution in [3.8, 4) is 0 Å². The van der Waals surface area contributed by atoms with Crippen LogP contribution in [-0.4, -0.2) is 23.0 Å². The Balaban J connectivity index is 1.74. The molecule has 0 spiro atoms. The summed E-state index contributed by atoms with van der Waals surface area (Å²) in [6.07, 6.45) is 5.75. The summed E-state index contributed by atoms with van der Waals surface area (Å²) in [5, 5.41) is 7.61. The number of aryl methyl sites for hydroxylation is 1. The fourth-order valence-corrected chi connectivity index (χ4v) is 3.18. The second kappa shape index (κ2) is 10.3. The molecule has 0 atom stereocenters. The zero-order valence-corrected chi connectivity index (χ0v) is 17.3. The highest BCUT2D eigenvalue weighted by atomic mass is 16.2. The number of aromatic nitrogens is 1. The fourth-order valence-electron chi connectivity index (χ4n) is 3.18. The second-order valence-electron chi connectivity index (χ2n) is 7.14. The highest BCUT2D eigenvalue weighted by Crippen LogP contribution is 2.19. The molecule has 3 rings (SSSR count). The van der Waals surface area contributed by atoms with Gasteiger partial charge < -0.3 is 5.32 Å². The van der Waals surface area contributed by atoms with E-state index in [2.05, 4.69) is 22.8 Å². The highest BCUT2D eigenvalue weighted by molar-refractivity contribution is 6.06. The van der Waals surface area contributed by atoms with E-state index in [4.69, 9.17) is 4.98 Å². The van der Waals surface area contributed by atoms with Crippen molar-refractivity contribution in [2.75, 3.05) is 5.32 Å². The summed E-state index contributed by atoms with van der Waals surface area (Å²) in [6, 6.07) is 16.7. The topological polar surface area (TPSA) is 83.5 Å². The number of carbonyl (C=O) groups is 2. The van der Waals surface area contributed by atoms with E-state index in [0.29, 0.717) is 11.3 Å². The van der Waals surface area contributed by atoms with E-state index in [-0.39, 0.29) is 11.8 Å². The predicted octanol–water partition coefficient (Wildman–Crippen LogP) is 4.69. The lowest BCUT2D eigenvalue weighted by Gasteiger charge is -2.08. The maximum Gasteiger partial charge on any atom is 0.272 e. The van der Waals surface area contributed by atoms with Crippen LogP contribution in [0, 0.1) is 0 Å². The molecule has 0 saturated carbocycles. The molecule has 0 aliphatic heterocycles. The minimum Gasteiger partial charge on any atom is -0.326 e. The first-order valence-electron chi connectivity index (χ1n) is 10.2. The number of benzene rings is 2. The van der Waals surface area contributed by atoms with E-state index < -0.39 is 0 Å². The molecule has 0 radical (unpaired) electrons. The lowest BCUT2D eigenvalue weighted by molar-refractivity contribution is -0.114. The molecule has 2 N–H and O–H groups in total. The maximum atomic E-state index is 12.8. The van der Waals surface area contributed by atoms with Crippen LogP contribution in [0.25, 0.3) is 10.9 Å². The summed E-state index contributed by atoms with van der Waals surface area (Å²) in [4.78, 5) is 28.6. The fraction of sp³-hybridized carbons (Fsp3) is 0.250. The average Bonchev–Trinajstić information content (AvgIpc) is 2.74. The summed E-state index contributed by atoms with van der Waals surface area (Å²) in [7, 11) is 0. The van der Waals surface area contributed by atoms with Gasteiger partial charge in [0.1, 0.15) is 0 Å². The van der Waals surface area contributed by atoms with Gasteiger partial charge in [0.2, 0.25) is 5.91 Å². The minimum atomic E-state index is -0.267. The van der Waals surface area contributed by atoms with E-state index in [1.807, 2.05) is 42.5 Å². The summed E-state index contributed by atoms with van der Waals surface area (Å²) in [5.74, 6) is -0.390. The lowest BCUT2D eigenvalue weighted by atomic mass is 10.0. The summed E-state index contributed by atoms with van der Waals surface area (Å²) in [5.41, 5.74) is 6.44. The Morgan fingerprint density at radius 3 is 2.57 bits per heavy atom. The van der Waals surface area contributed by atoms with Gasteiger partial charge in [-0.1, -0.05) is 50.1 Å². The molecule has 2 aromatic carbocycles.